The number of allylic oxidation sites excluding steroid dienone is 1. The number of hydrogen-bond acceptors (Lipinski definition) is 1. The molecular formula is C14H16BrFO. The molecule has 1 aromatic carbocycles. The molecule has 1 aliphatic rings. The second-order valence-corrected chi connectivity index (χ2v) is 5.51. The van der Waals surface area contributed by atoms with E-state index in [1.165, 1.54) is 11.6 Å². The van der Waals surface area contributed by atoms with Gasteiger partial charge in [-0.2, -0.15) is 0 Å². The highest BCUT2D eigenvalue weighted by atomic mass is 79.9. The van der Waals surface area contributed by atoms with Gasteiger partial charge < -0.3 is 5.11 Å². The molecule has 17 heavy (non-hydrogen) atoms. The molecule has 0 spiro atoms. The summed E-state index contributed by atoms with van der Waals surface area (Å²) >= 11 is 3.30. The third-order valence-corrected chi connectivity index (χ3v) is 3.49. The van der Waals surface area contributed by atoms with Crippen LogP contribution in [0, 0.1) is 5.82 Å². The second kappa shape index (κ2) is 5.78. The molecule has 0 radical (unpaired) electrons. The van der Waals surface area contributed by atoms with Gasteiger partial charge in [0.2, 0.25) is 0 Å². The maximum Gasteiger partial charge on any atom is 0.124 e. The van der Waals surface area contributed by atoms with Crippen molar-refractivity contribution in [1.82, 2.24) is 0 Å². The summed E-state index contributed by atoms with van der Waals surface area (Å²) in [4.78, 5) is 0. The molecule has 92 valence electrons. The third kappa shape index (κ3) is 3.93. The molecule has 0 aromatic heterocycles. The molecule has 1 N–H and O–H groups in total. The molecule has 1 nitrogen and oxygen atoms in total. The van der Waals surface area contributed by atoms with Crippen LogP contribution in [0.15, 0.2) is 34.3 Å². The van der Waals surface area contributed by atoms with E-state index in [-0.39, 0.29) is 11.9 Å². The maximum absolute atomic E-state index is 13.2. The van der Waals surface area contributed by atoms with Gasteiger partial charge in [0.1, 0.15) is 5.82 Å². The molecule has 0 fully saturated rings. The van der Waals surface area contributed by atoms with E-state index in [4.69, 9.17) is 0 Å². The molecule has 2 rings (SSSR count). The van der Waals surface area contributed by atoms with E-state index in [9.17, 15) is 9.50 Å². The van der Waals surface area contributed by atoms with Crippen molar-refractivity contribution >= 4 is 15.9 Å². The van der Waals surface area contributed by atoms with Gasteiger partial charge in [0.15, 0.2) is 0 Å². The lowest BCUT2D eigenvalue weighted by atomic mass is 10.0. The normalized spacial score (nSPS) is 20.9. The van der Waals surface area contributed by atoms with Gasteiger partial charge in [0.25, 0.3) is 0 Å². The van der Waals surface area contributed by atoms with E-state index in [1.54, 1.807) is 6.07 Å². The lowest BCUT2D eigenvalue weighted by Gasteiger charge is -2.07. The average molecular weight is 299 g/mol. The molecule has 0 amide bonds. The standard InChI is InChI=1S/C14H16BrFO/c15-12-6-11(7-13(16)9-12)5-10-3-1-2-4-14(17)8-10/h6-9,14,17H,1-5H2. The highest BCUT2D eigenvalue weighted by molar-refractivity contribution is 9.10. The number of hydrogen-bond donors (Lipinski definition) is 1. The molecule has 0 saturated carbocycles. The van der Waals surface area contributed by atoms with Crippen molar-refractivity contribution in [3.63, 3.8) is 0 Å². The van der Waals surface area contributed by atoms with Gasteiger partial charge in [-0.3, -0.25) is 0 Å². The average Bonchev–Trinajstić information content (AvgIpc) is 2.41. The van der Waals surface area contributed by atoms with E-state index in [1.807, 2.05) is 12.1 Å². The molecule has 1 aliphatic carbocycles. The number of halogens is 2. The van der Waals surface area contributed by atoms with Crippen LogP contribution in [0.2, 0.25) is 0 Å². The Labute approximate surface area is 109 Å². The van der Waals surface area contributed by atoms with E-state index in [2.05, 4.69) is 15.9 Å². The van der Waals surface area contributed by atoms with Crippen molar-refractivity contribution < 1.29 is 9.50 Å². The van der Waals surface area contributed by atoms with Crippen LogP contribution >= 0.6 is 15.9 Å². The zero-order valence-electron chi connectivity index (χ0n) is 9.63. The first-order chi connectivity index (χ1) is 8.13. The van der Waals surface area contributed by atoms with Crippen molar-refractivity contribution in [1.29, 1.82) is 0 Å². The predicted molar refractivity (Wildman–Crippen MR) is 70.4 cm³/mol. The Kier molecular flexibility index (Phi) is 4.35. The molecule has 0 bridgehead atoms. The quantitative estimate of drug-likeness (QED) is 0.819. The lowest BCUT2D eigenvalue weighted by Crippen LogP contribution is -2.01. The number of aliphatic hydroxyl groups is 1. The van der Waals surface area contributed by atoms with Gasteiger partial charge in [0, 0.05) is 4.47 Å². The van der Waals surface area contributed by atoms with Gasteiger partial charge in [-0.05, 0) is 49.4 Å². The van der Waals surface area contributed by atoms with Crippen LogP contribution in [0.25, 0.3) is 0 Å². The summed E-state index contributed by atoms with van der Waals surface area (Å²) in [5.74, 6) is -0.218. The molecule has 0 heterocycles. The van der Waals surface area contributed by atoms with Crippen molar-refractivity contribution in [2.45, 2.75) is 38.2 Å². The Morgan fingerprint density at radius 3 is 2.88 bits per heavy atom. The van der Waals surface area contributed by atoms with Crippen LogP contribution in [0.3, 0.4) is 0 Å². The van der Waals surface area contributed by atoms with Gasteiger partial charge in [-0.25, -0.2) is 4.39 Å². The minimum Gasteiger partial charge on any atom is -0.389 e. The Morgan fingerprint density at radius 1 is 1.29 bits per heavy atom. The maximum atomic E-state index is 13.2. The van der Waals surface area contributed by atoms with Crippen LogP contribution < -0.4 is 0 Å². The van der Waals surface area contributed by atoms with E-state index in [0.717, 1.165) is 42.1 Å². The summed E-state index contributed by atoms with van der Waals surface area (Å²) < 4.78 is 14.0. The van der Waals surface area contributed by atoms with Crippen LogP contribution in [0.1, 0.15) is 31.2 Å². The molecule has 1 aromatic rings. The number of aliphatic hydroxyl groups excluding tert-OH is 1. The highest BCUT2D eigenvalue weighted by Crippen LogP contribution is 2.23. The highest BCUT2D eigenvalue weighted by Gasteiger charge is 2.10. The minimum absolute atomic E-state index is 0.218. The first-order valence-corrected chi connectivity index (χ1v) is 6.75. The monoisotopic (exact) mass is 298 g/mol. The fourth-order valence-electron chi connectivity index (χ4n) is 2.27. The lowest BCUT2D eigenvalue weighted by molar-refractivity contribution is 0.211. The van der Waals surface area contributed by atoms with E-state index in [0.29, 0.717) is 0 Å². The van der Waals surface area contributed by atoms with Crippen LogP contribution in [0.5, 0.6) is 0 Å². The Hall–Kier alpha value is -0.670. The topological polar surface area (TPSA) is 20.2 Å². The summed E-state index contributed by atoms with van der Waals surface area (Å²) in [7, 11) is 0. The minimum atomic E-state index is -0.329. The summed E-state index contributed by atoms with van der Waals surface area (Å²) in [6.45, 7) is 0. The molecule has 1 unspecified atom stereocenters. The zero-order valence-corrected chi connectivity index (χ0v) is 11.2. The first kappa shape index (κ1) is 12.8. The molecule has 3 heteroatoms. The van der Waals surface area contributed by atoms with Gasteiger partial charge in [-0.15, -0.1) is 0 Å². The fraction of sp³-hybridized carbons (Fsp3) is 0.429. The predicted octanol–water partition coefficient (Wildman–Crippen LogP) is 3.99. The van der Waals surface area contributed by atoms with Crippen LogP contribution in [-0.4, -0.2) is 11.2 Å². The van der Waals surface area contributed by atoms with Crippen molar-refractivity contribution in [3.8, 4) is 0 Å². The molecule has 0 aliphatic heterocycles. The summed E-state index contributed by atoms with van der Waals surface area (Å²) in [6, 6.07) is 4.95. The second-order valence-electron chi connectivity index (χ2n) is 4.59. The fourth-order valence-corrected chi connectivity index (χ4v) is 2.78. The van der Waals surface area contributed by atoms with Crippen molar-refractivity contribution in [3.05, 3.63) is 45.7 Å². The molecule has 0 saturated heterocycles. The Morgan fingerprint density at radius 2 is 2.12 bits per heavy atom. The van der Waals surface area contributed by atoms with Gasteiger partial charge in [0.05, 0.1) is 6.10 Å². The molecule has 1 atom stereocenters. The third-order valence-electron chi connectivity index (χ3n) is 3.03. The smallest absolute Gasteiger partial charge is 0.124 e. The van der Waals surface area contributed by atoms with Crippen molar-refractivity contribution in [2.24, 2.45) is 0 Å². The van der Waals surface area contributed by atoms with E-state index >= 15 is 0 Å². The Balaban J connectivity index is 2.13. The largest absolute Gasteiger partial charge is 0.389 e. The van der Waals surface area contributed by atoms with Gasteiger partial charge in [-0.1, -0.05) is 34.0 Å². The molecular weight excluding hydrogens is 283 g/mol. The number of benzene rings is 1. The van der Waals surface area contributed by atoms with Crippen molar-refractivity contribution in [2.75, 3.05) is 0 Å². The first-order valence-electron chi connectivity index (χ1n) is 5.96. The van der Waals surface area contributed by atoms with Gasteiger partial charge >= 0.3 is 0 Å². The van der Waals surface area contributed by atoms with Crippen LogP contribution in [0.4, 0.5) is 4.39 Å². The summed E-state index contributed by atoms with van der Waals surface area (Å²) in [6.07, 6.45) is 6.36. The van der Waals surface area contributed by atoms with E-state index < -0.39 is 0 Å². The Bertz CT molecular complexity index is 408. The summed E-state index contributed by atoms with van der Waals surface area (Å²) in [5.41, 5.74) is 2.17. The van der Waals surface area contributed by atoms with Crippen LogP contribution in [-0.2, 0) is 6.42 Å². The summed E-state index contributed by atoms with van der Waals surface area (Å²) in [5, 5.41) is 9.69. The SMILES string of the molecule is OC1C=C(Cc2cc(F)cc(Br)c2)CCCC1. The number of rotatable bonds is 2. The zero-order chi connectivity index (χ0) is 12.3.